The van der Waals surface area contributed by atoms with Crippen molar-refractivity contribution in [3.63, 3.8) is 0 Å². The molecule has 0 saturated heterocycles. The third-order valence-electron chi connectivity index (χ3n) is 4.24. The number of nitrogens with one attached hydrogen (secondary N) is 1. The number of carbonyl (C=O) groups is 2. The molecule has 0 atom stereocenters. The van der Waals surface area contributed by atoms with Gasteiger partial charge >= 0.3 is 0 Å². The number of rotatable bonds is 5. The number of amides is 1. The normalized spacial score (nSPS) is 21.0. The van der Waals surface area contributed by atoms with E-state index in [4.69, 9.17) is 0 Å². The van der Waals surface area contributed by atoms with Crippen LogP contribution in [0.25, 0.3) is 0 Å². The monoisotopic (exact) mass is 335 g/mol. The van der Waals surface area contributed by atoms with Crippen molar-refractivity contribution in [2.24, 2.45) is 5.92 Å². The number of ketones is 1. The van der Waals surface area contributed by atoms with Crippen molar-refractivity contribution < 1.29 is 9.59 Å². The summed E-state index contributed by atoms with van der Waals surface area (Å²) in [5.41, 5.74) is 1.20. The zero-order valence-corrected chi connectivity index (χ0v) is 15.1. The summed E-state index contributed by atoms with van der Waals surface area (Å²) in [5, 5.41) is 3.71. The van der Waals surface area contributed by atoms with Crippen molar-refractivity contribution in [1.29, 1.82) is 0 Å². The Kier molecular flexibility index (Phi) is 6.16. The maximum absolute atomic E-state index is 12.2. The summed E-state index contributed by atoms with van der Waals surface area (Å²) in [6.45, 7) is 7.37. The van der Waals surface area contributed by atoms with Crippen LogP contribution in [-0.4, -0.2) is 33.5 Å². The van der Waals surface area contributed by atoms with Gasteiger partial charge < -0.3 is 5.32 Å². The standard InChI is InChI=1S/C17H25N3O2S/c1-10-5-7-14(8-6-10)20-15(22)9-23-17-16(12(3)21)11(2)18-13(4)19-17/h10,14H,5-9H2,1-4H3,(H,20,22). The Balaban J connectivity index is 1.95. The third kappa shape index (κ3) is 5.03. The minimum absolute atomic E-state index is 0.0120. The zero-order valence-electron chi connectivity index (χ0n) is 14.3. The Hall–Kier alpha value is -1.43. The highest BCUT2D eigenvalue weighted by Crippen LogP contribution is 2.25. The fraction of sp³-hybridized carbons (Fsp3) is 0.647. The number of carbonyl (C=O) groups excluding carboxylic acids is 2. The first-order valence-electron chi connectivity index (χ1n) is 8.15. The second kappa shape index (κ2) is 7.90. The highest BCUT2D eigenvalue weighted by Gasteiger charge is 2.21. The number of hydrogen-bond donors (Lipinski definition) is 1. The summed E-state index contributed by atoms with van der Waals surface area (Å²) in [5.74, 6) is 1.62. The second-order valence-electron chi connectivity index (χ2n) is 6.41. The minimum Gasteiger partial charge on any atom is -0.353 e. The van der Waals surface area contributed by atoms with Crippen molar-refractivity contribution in [3.05, 3.63) is 17.1 Å². The van der Waals surface area contributed by atoms with E-state index in [0.717, 1.165) is 18.8 Å². The largest absolute Gasteiger partial charge is 0.353 e. The van der Waals surface area contributed by atoms with Gasteiger partial charge in [0, 0.05) is 6.04 Å². The Bertz CT molecular complexity index is 596. The summed E-state index contributed by atoms with van der Waals surface area (Å²) >= 11 is 1.32. The predicted octanol–water partition coefficient (Wildman–Crippen LogP) is 3.08. The Morgan fingerprint density at radius 3 is 2.43 bits per heavy atom. The molecule has 6 heteroatoms. The van der Waals surface area contributed by atoms with Crippen LogP contribution in [0.15, 0.2) is 5.03 Å². The van der Waals surface area contributed by atoms with Gasteiger partial charge in [-0.3, -0.25) is 9.59 Å². The fourth-order valence-electron chi connectivity index (χ4n) is 3.00. The number of aromatic nitrogens is 2. The summed E-state index contributed by atoms with van der Waals surface area (Å²) in [7, 11) is 0. The lowest BCUT2D eigenvalue weighted by molar-refractivity contribution is -0.119. The van der Waals surface area contributed by atoms with E-state index in [1.165, 1.54) is 31.5 Å². The van der Waals surface area contributed by atoms with Crippen molar-refractivity contribution >= 4 is 23.5 Å². The molecule has 1 N–H and O–H groups in total. The van der Waals surface area contributed by atoms with E-state index >= 15 is 0 Å². The van der Waals surface area contributed by atoms with E-state index in [9.17, 15) is 9.59 Å². The molecule has 1 heterocycles. The Morgan fingerprint density at radius 1 is 1.17 bits per heavy atom. The summed E-state index contributed by atoms with van der Waals surface area (Å²) in [4.78, 5) is 32.5. The van der Waals surface area contributed by atoms with Crippen LogP contribution in [0.4, 0.5) is 0 Å². The maximum Gasteiger partial charge on any atom is 0.230 e. The highest BCUT2D eigenvalue weighted by molar-refractivity contribution is 8.00. The second-order valence-corrected chi connectivity index (χ2v) is 7.37. The molecule has 1 amide bonds. The molecule has 1 aliphatic rings. The summed E-state index contributed by atoms with van der Waals surface area (Å²) in [6.07, 6.45) is 4.47. The van der Waals surface area contributed by atoms with E-state index in [2.05, 4.69) is 22.2 Å². The first kappa shape index (κ1) is 17.9. The lowest BCUT2D eigenvalue weighted by Crippen LogP contribution is -2.38. The van der Waals surface area contributed by atoms with Crippen molar-refractivity contribution in [1.82, 2.24) is 15.3 Å². The number of nitrogens with zero attached hydrogens (tertiary/aromatic N) is 2. The first-order valence-corrected chi connectivity index (χ1v) is 9.13. The molecule has 0 bridgehead atoms. The molecule has 0 spiro atoms. The SMILES string of the molecule is CC(=O)c1c(C)nc(C)nc1SCC(=O)NC1CCC(C)CC1. The number of thioether (sulfide) groups is 1. The molecule has 2 rings (SSSR count). The molecular weight excluding hydrogens is 310 g/mol. The van der Waals surface area contributed by atoms with E-state index in [1.807, 2.05) is 0 Å². The Morgan fingerprint density at radius 2 is 1.83 bits per heavy atom. The average Bonchev–Trinajstić information content (AvgIpc) is 2.46. The van der Waals surface area contributed by atoms with Crippen LogP contribution in [0.3, 0.4) is 0 Å². The van der Waals surface area contributed by atoms with Crippen LogP contribution in [-0.2, 0) is 4.79 Å². The molecule has 0 aromatic carbocycles. The van der Waals surface area contributed by atoms with Gasteiger partial charge in [-0.2, -0.15) is 0 Å². The molecule has 1 aromatic rings. The van der Waals surface area contributed by atoms with Crippen LogP contribution in [0.5, 0.6) is 0 Å². The molecule has 0 radical (unpaired) electrons. The summed E-state index contributed by atoms with van der Waals surface area (Å²) in [6, 6.07) is 0.292. The molecule has 126 valence electrons. The first-order chi connectivity index (χ1) is 10.9. The topological polar surface area (TPSA) is 72.0 Å². The predicted molar refractivity (Wildman–Crippen MR) is 91.8 cm³/mol. The highest BCUT2D eigenvalue weighted by atomic mass is 32.2. The van der Waals surface area contributed by atoms with Gasteiger partial charge in [-0.15, -0.1) is 0 Å². The van der Waals surface area contributed by atoms with E-state index in [1.54, 1.807) is 13.8 Å². The number of Topliss-reactive ketones (excluding diaryl/α,β-unsaturated/α-hetero) is 1. The molecule has 0 unspecified atom stereocenters. The van der Waals surface area contributed by atoms with Gasteiger partial charge in [-0.05, 0) is 52.4 Å². The molecule has 23 heavy (non-hydrogen) atoms. The van der Waals surface area contributed by atoms with E-state index < -0.39 is 0 Å². The molecule has 1 aromatic heterocycles. The van der Waals surface area contributed by atoms with Gasteiger partial charge in [0.15, 0.2) is 5.78 Å². The van der Waals surface area contributed by atoms with E-state index in [0.29, 0.717) is 28.1 Å². The van der Waals surface area contributed by atoms with Gasteiger partial charge in [0.2, 0.25) is 5.91 Å². The zero-order chi connectivity index (χ0) is 17.0. The van der Waals surface area contributed by atoms with Crippen LogP contribution in [0.2, 0.25) is 0 Å². The van der Waals surface area contributed by atoms with Gasteiger partial charge in [-0.25, -0.2) is 9.97 Å². The van der Waals surface area contributed by atoms with Gasteiger partial charge in [-0.1, -0.05) is 18.7 Å². The quantitative estimate of drug-likeness (QED) is 0.508. The van der Waals surface area contributed by atoms with Crippen LogP contribution in [0, 0.1) is 19.8 Å². The summed E-state index contributed by atoms with van der Waals surface area (Å²) < 4.78 is 0. The lowest BCUT2D eigenvalue weighted by Gasteiger charge is -2.26. The van der Waals surface area contributed by atoms with Crippen LogP contribution >= 0.6 is 11.8 Å². The van der Waals surface area contributed by atoms with Crippen molar-refractivity contribution in [2.75, 3.05) is 5.75 Å². The average molecular weight is 335 g/mol. The van der Waals surface area contributed by atoms with Crippen molar-refractivity contribution in [3.8, 4) is 0 Å². The smallest absolute Gasteiger partial charge is 0.230 e. The molecule has 5 nitrogen and oxygen atoms in total. The van der Waals surface area contributed by atoms with Crippen LogP contribution in [0.1, 0.15) is 61.4 Å². The minimum atomic E-state index is -0.0633. The van der Waals surface area contributed by atoms with Gasteiger partial charge in [0.1, 0.15) is 10.9 Å². The molecular formula is C17H25N3O2S. The van der Waals surface area contributed by atoms with Crippen molar-refractivity contribution in [2.45, 2.75) is 64.4 Å². The molecule has 0 aliphatic heterocycles. The molecule has 1 fully saturated rings. The Labute approximate surface area is 142 Å². The third-order valence-corrected chi connectivity index (χ3v) is 5.22. The maximum atomic E-state index is 12.2. The number of aryl methyl sites for hydroxylation is 2. The molecule has 1 aliphatic carbocycles. The van der Waals surface area contributed by atoms with Gasteiger partial charge in [0.05, 0.1) is 17.0 Å². The number of hydrogen-bond acceptors (Lipinski definition) is 5. The molecule has 1 saturated carbocycles. The van der Waals surface area contributed by atoms with E-state index in [-0.39, 0.29) is 17.4 Å². The van der Waals surface area contributed by atoms with Gasteiger partial charge in [0.25, 0.3) is 0 Å². The van der Waals surface area contributed by atoms with Crippen LogP contribution < -0.4 is 5.32 Å². The lowest BCUT2D eigenvalue weighted by atomic mass is 9.87. The fourth-order valence-corrected chi connectivity index (χ4v) is 3.98.